The number of hydrogen-bond donors (Lipinski definition) is 2. The number of nitrogens with zero attached hydrogens (tertiary/aromatic N) is 2. The van der Waals surface area contributed by atoms with Gasteiger partial charge in [0.15, 0.2) is 0 Å². The fraction of sp³-hybridized carbons (Fsp3) is 0.286. The van der Waals surface area contributed by atoms with E-state index in [-0.39, 0.29) is 5.54 Å². The predicted molar refractivity (Wildman–Crippen MR) is 85.2 cm³/mol. The summed E-state index contributed by atoms with van der Waals surface area (Å²) in [6.45, 7) is 6.20. The molecule has 106 valence electrons. The van der Waals surface area contributed by atoms with Gasteiger partial charge >= 0.3 is 0 Å². The Bertz CT molecular complexity index is 608. The maximum Gasteiger partial charge on any atom is 0.229 e. The van der Waals surface area contributed by atoms with Crippen molar-refractivity contribution >= 4 is 40.7 Å². The molecule has 1 heterocycles. The molecule has 0 saturated heterocycles. The third-order valence-electron chi connectivity index (χ3n) is 2.36. The highest BCUT2D eigenvalue weighted by atomic mass is 35.5. The van der Waals surface area contributed by atoms with Crippen molar-refractivity contribution in [2.75, 3.05) is 10.6 Å². The van der Waals surface area contributed by atoms with Gasteiger partial charge in [0.05, 0.1) is 15.7 Å². The molecule has 2 N–H and O–H groups in total. The summed E-state index contributed by atoms with van der Waals surface area (Å²) in [4.78, 5) is 8.56. The summed E-state index contributed by atoms with van der Waals surface area (Å²) in [5, 5.41) is 7.28. The number of nitrogens with one attached hydrogen (secondary N) is 2. The smallest absolute Gasteiger partial charge is 0.229 e. The van der Waals surface area contributed by atoms with Crippen LogP contribution >= 0.6 is 23.2 Å². The lowest BCUT2D eigenvalue weighted by Gasteiger charge is -2.21. The molecule has 0 radical (unpaired) electrons. The molecule has 0 amide bonds. The van der Waals surface area contributed by atoms with E-state index in [2.05, 4.69) is 41.4 Å². The van der Waals surface area contributed by atoms with Gasteiger partial charge in [0.1, 0.15) is 5.82 Å². The first-order valence-corrected chi connectivity index (χ1v) is 6.93. The van der Waals surface area contributed by atoms with Crippen LogP contribution in [-0.2, 0) is 0 Å². The van der Waals surface area contributed by atoms with Gasteiger partial charge in [-0.15, -0.1) is 0 Å². The van der Waals surface area contributed by atoms with Crippen molar-refractivity contribution in [3.05, 3.63) is 40.5 Å². The third kappa shape index (κ3) is 3.99. The second kappa shape index (κ2) is 5.85. The number of benzene rings is 1. The van der Waals surface area contributed by atoms with Gasteiger partial charge in [-0.2, -0.15) is 4.98 Å². The Hall–Kier alpha value is -1.52. The second-order valence-corrected chi connectivity index (χ2v) is 6.15. The Morgan fingerprint density at radius 1 is 1.10 bits per heavy atom. The maximum absolute atomic E-state index is 6.12. The molecule has 0 fully saturated rings. The van der Waals surface area contributed by atoms with Crippen LogP contribution in [0.25, 0.3) is 0 Å². The molecule has 0 unspecified atom stereocenters. The Morgan fingerprint density at radius 3 is 2.55 bits per heavy atom. The highest BCUT2D eigenvalue weighted by molar-refractivity contribution is 6.43. The fourth-order valence-electron chi connectivity index (χ4n) is 1.59. The first-order chi connectivity index (χ1) is 9.35. The molecule has 2 aromatic rings. The predicted octanol–water partition coefficient (Wildman–Crippen LogP) is 4.74. The van der Waals surface area contributed by atoms with Crippen LogP contribution in [0.5, 0.6) is 0 Å². The first-order valence-electron chi connectivity index (χ1n) is 6.17. The highest BCUT2D eigenvalue weighted by Crippen LogP contribution is 2.31. The highest BCUT2D eigenvalue weighted by Gasteiger charge is 2.11. The molecule has 0 spiro atoms. The van der Waals surface area contributed by atoms with Gasteiger partial charge in [0.25, 0.3) is 0 Å². The van der Waals surface area contributed by atoms with Gasteiger partial charge in [0, 0.05) is 11.7 Å². The summed E-state index contributed by atoms with van der Waals surface area (Å²) in [5.74, 6) is 1.21. The van der Waals surface area contributed by atoms with E-state index in [9.17, 15) is 0 Å². The fourth-order valence-corrected chi connectivity index (χ4v) is 1.94. The van der Waals surface area contributed by atoms with Gasteiger partial charge in [-0.25, -0.2) is 4.98 Å². The molecular weight excluding hydrogens is 295 g/mol. The van der Waals surface area contributed by atoms with Crippen molar-refractivity contribution in [2.45, 2.75) is 26.3 Å². The van der Waals surface area contributed by atoms with Crippen molar-refractivity contribution in [3.8, 4) is 0 Å². The van der Waals surface area contributed by atoms with Crippen LogP contribution in [0, 0.1) is 0 Å². The van der Waals surface area contributed by atoms with E-state index in [1.807, 2.05) is 18.2 Å². The molecule has 1 aromatic carbocycles. The lowest BCUT2D eigenvalue weighted by Crippen LogP contribution is -2.26. The van der Waals surface area contributed by atoms with E-state index in [0.717, 1.165) is 5.82 Å². The zero-order valence-corrected chi connectivity index (χ0v) is 13.0. The normalized spacial score (nSPS) is 11.2. The monoisotopic (exact) mass is 310 g/mol. The van der Waals surface area contributed by atoms with Crippen LogP contribution in [-0.4, -0.2) is 15.5 Å². The van der Waals surface area contributed by atoms with Crippen molar-refractivity contribution in [3.63, 3.8) is 0 Å². The Balaban J connectivity index is 2.22. The van der Waals surface area contributed by atoms with E-state index in [1.54, 1.807) is 12.3 Å². The van der Waals surface area contributed by atoms with Crippen LogP contribution in [0.15, 0.2) is 30.5 Å². The van der Waals surface area contributed by atoms with Gasteiger partial charge in [0.2, 0.25) is 5.95 Å². The Morgan fingerprint density at radius 2 is 1.85 bits per heavy atom. The summed E-state index contributed by atoms with van der Waals surface area (Å²) >= 11 is 12.1. The molecule has 2 rings (SSSR count). The van der Waals surface area contributed by atoms with E-state index >= 15 is 0 Å². The largest absolute Gasteiger partial charge is 0.365 e. The van der Waals surface area contributed by atoms with E-state index in [1.165, 1.54) is 0 Å². The van der Waals surface area contributed by atoms with Crippen molar-refractivity contribution in [1.29, 1.82) is 0 Å². The van der Waals surface area contributed by atoms with Crippen molar-refractivity contribution in [2.24, 2.45) is 0 Å². The molecule has 4 nitrogen and oxygen atoms in total. The average Bonchev–Trinajstić information content (AvgIpc) is 2.33. The minimum atomic E-state index is -0.0701. The molecule has 6 heteroatoms. The lowest BCUT2D eigenvalue weighted by atomic mass is 10.1. The Kier molecular flexibility index (Phi) is 4.35. The van der Waals surface area contributed by atoms with Gasteiger partial charge in [-0.05, 0) is 39.0 Å². The number of rotatable bonds is 3. The number of halogens is 2. The number of aromatic nitrogens is 2. The van der Waals surface area contributed by atoms with Crippen LogP contribution in [0.3, 0.4) is 0 Å². The molecule has 0 aliphatic carbocycles. The summed E-state index contributed by atoms with van der Waals surface area (Å²) in [5.41, 5.74) is 0.603. The van der Waals surface area contributed by atoms with Crippen molar-refractivity contribution in [1.82, 2.24) is 9.97 Å². The maximum atomic E-state index is 6.12. The topological polar surface area (TPSA) is 49.8 Å². The van der Waals surface area contributed by atoms with Gasteiger partial charge < -0.3 is 10.6 Å². The third-order valence-corrected chi connectivity index (χ3v) is 3.18. The van der Waals surface area contributed by atoms with Crippen LogP contribution in [0.4, 0.5) is 17.5 Å². The summed E-state index contributed by atoms with van der Waals surface area (Å²) < 4.78 is 0. The quantitative estimate of drug-likeness (QED) is 0.860. The molecule has 0 saturated carbocycles. The summed E-state index contributed by atoms with van der Waals surface area (Å²) in [6.07, 6.45) is 1.68. The first kappa shape index (κ1) is 14.9. The molecule has 0 atom stereocenters. The minimum absolute atomic E-state index is 0.0701. The van der Waals surface area contributed by atoms with Crippen LogP contribution < -0.4 is 10.6 Å². The zero-order valence-electron chi connectivity index (χ0n) is 11.5. The number of hydrogen-bond acceptors (Lipinski definition) is 4. The van der Waals surface area contributed by atoms with Gasteiger partial charge in [-0.3, -0.25) is 0 Å². The molecule has 0 bridgehead atoms. The molecule has 20 heavy (non-hydrogen) atoms. The van der Waals surface area contributed by atoms with Gasteiger partial charge in [-0.1, -0.05) is 29.3 Å². The summed E-state index contributed by atoms with van der Waals surface area (Å²) in [6, 6.07) is 7.18. The molecule has 0 aliphatic heterocycles. The van der Waals surface area contributed by atoms with E-state index in [4.69, 9.17) is 23.2 Å². The second-order valence-electron chi connectivity index (χ2n) is 5.37. The molecule has 0 aliphatic rings. The number of anilines is 3. The standard InChI is InChI=1S/C14H16Cl2N4/c1-14(2,3)20-11-7-8-17-13(19-11)18-10-6-4-5-9(15)12(10)16/h4-8H,1-3H3,(H2,17,18,19,20). The van der Waals surface area contributed by atoms with E-state index in [0.29, 0.717) is 21.7 Å². The lowest BCUT2D eigenvalue weighted by molar-refractivity contribution is 0.630. The minimum Gasteiger partial charge on any atom is -0.365 e. The van der Waals surface area contributed by atoms with E-state index < -0.39 is 0 Å². The molecular formula is C14H16Cl2N4. The van der Waals surface area contributed by atoms with Crippen LogP contribution in [0.2, 0.25) is 10.0 Å². The van der Waals surface area contributed by atoms with Crippen LogP contribution in [0.1, 0.15) is 20.8 Å². The van der Waals surface area contributed by atoms with Crippen molar-refractivity contribution < 1.29 is 0 Å². The SMILES string of the molecule is CC(C)(C)Nc1ccnc(Nc2cccc(Cl)c2Cl)n1. The average molecular weight is 311 g/mol. The Labute approximate surface area is 128 Å². The summed E-state index contributed by atoms with van der Waals surface area (Å²) in [7, 11) is 0. The molecule has 1 aromatic heterocycles. The zero-order chi connectivity index (χ0) is 14.8.